The van der Waals surface area contributed by atoms with Crippen LogP contribution in [-0.2, 0) is 12.2 Å². The first-order valence-corrected chi connectivity index (χ1v) is 9.68. The van der Waals surface area contributed by atoms with Gasteiger partial charge < -0.3 is 20.6 Å². The molecule has 0 aliphatic carbocycles. The first-order valence-electron chi connectivity index (χ1n) is 8.52. The Kier molecular flexibility index (Phi) is 8.53. The van der Waals surface area contributed by atoms with Crippen LogP contribution in [0, 0.1) is 17.0 Å². The minimum absolute atomic E-state index is 0.444. The molecule has 9 nitrogen and oxygen atoms in total. The second-order valence-electron chi connectivity index (χ2n) is 5.72. The summed E-state index contributed by atoms with van der Waals surface area (Å²) in [5.41, 5.74) is 3.16. The van der Waals surface area contributed by atoms with Crippen LogP contribution in [0.1, 0.15) is 29.9 Å². The van der Waals surface area contributed by atoms with Crippen LogP contribution < -0.4 is 10.6 Å². The highest BCUT2D eigenvalue weighted by atomic mass is 32.2. The van der Waals surface area contributed by atoms with Crippen LogP contribution in [0.15, 0.2) is 30.9 Å². The summed E-state index contributed by atoms with van der Waals surface area (Å²) in [5.74, 6) is 2.14. The number of imidazole rings is 2. The largest absolute Gasteiger partial charge is 0.367 e. The van der Waals surface area contributed by atoms with E-state index in [2.05, 4.69) is 30.6 Å². The van der Waals surface area contributed by atoms with Crippen molar-refractivity contribution in [2.75, 3.05) is 18.8 Å². The Morgan fingerprint density at radius 3 is 2.85 bits per heavy atom. The van der Waals surface area contributed by atoms with Crippen molar-refractivity contribution in [3.8, 4) is 0 Å². The normalized spacial score (nSPS) is 11.5. The van der Waals surface area contributed by atoms with E-state index in [0.717, 1.165) is 54.0 Å². The van der Waals surface area contributed by atoms with E-state index < -0.39 is 4.92 Å². The molecule has 0 aliphatic rings. The number of aromatic amines is 2. The zero-order chi connectivity index (χ0) is 18.6. The zero-order valence-electron chi connectivity index (χ0n) is 14.8. The first kappa shape index (κ1) is 19.8. The quantitative estimate of drug-likeness (QED) is 0.238. The van der Waals surface area contributed by atoms with Crippen molar-refractivity contribution >= 4 is 11.8 Å². The molecule has 2 rings (SSSR count). The van der Waals surface area contributed by atoms with Gasteiger partial charge in [-0.3, -0.25) is 10.1 Å². The molecule has 2 heterocycles. The molecule has 0 radical (unpaired) electrons. The van der Waals surface area contributed by atoms with Crippen molar-refractivity contribution in [3.05, 3.63) is 58.1 Å². The Morgan fingerprint density at radius 2 is 2.15 bits per heavy atom. The lowest BCUT2D eigenvalue weighted by molar-refractivity contribution is -0.404. The molecular weight excluding hydrogens is 354 g/mol. The maximum Gasteiger partial charge on any atom is 0.274 e. The lowest BCUT2D eigenvalue weighted by Gasteiger charge is -2.11. The number of H-pyrrole nitrogens is 2. The number of hydrogen-bond acceptors (Lipinski definition) is 7. The summed E-state index contributed by atoms with van der Waals surface area (Å²) in [6.45, 7) is 3.30. The SMILES string of the molecule is Cc1nc[nH]c1CSCCNC(=C[N+](=O)[O-])NCCCCc1c[nH]cn1. The van der Waals surface area contributed by atoms with Crippen molar-refractivity contribution in [2.24, 2.45) is 0 Å². The van der Waals surface area contributed by atoms with Gasteiger partial charge in [0.05, 0.1) is 29.0 Å². The van der Waals surface area contributed by atoms with Crippen molar-refractivity contribution in [2.45, 2.75) is 31.9 Å². The third kappa shape index (κ3) is 7.60. The summed E-state index contributed by atoms with van der Waals surface area (Å²) < 4.78 is 0. The molecule has 0 aromatic carbocycles. The van der Waals surface area contributed by atoms with Gasteiger partial charge in [-0.25, -0.2) is 9.97 Å². The van der Waals surface area contributed by atoms with E-state index in [-0.39, 0.29) is 0 Å². The fourth-order valence-electron chi connectivity index (χ4n) is 2.31. The van der Waals surface area contributed by atoms with Gasteiger partial charge in [-0.2, -0.15) is 11.8 Å². The standard InChI is InChI=1S/C16H25N7O2S/c1-13-15(22-12-20-13)10-26-7-6-19-16(9-23(24)25)18-5-3-2-4-14-8-17-11-21-14/h8-9,11-12,18-19H,2-7,10H2,1H3,(H,17,21)(H,20,22). The molecule has 0 amide bonds. The molecule has 2 aromatic heterocycles. The molecule has 2 aromatic rings. The fraction of sp³-hybridized carbons (Fsp3) is 0.500. The molecule has 10 heteroatoms. The van der Waals surface area contributed by atoms with Gasteiger partial charge in [0.15, 0.2) is 5.82 Å². The van der Waals surface area contributed by atoms with Gasteiger partial charge in [0, 0.05) is 36.5 Å². The van der Waals surface area contributed by atoms with E-state index in [1.54, 1.807) is 24.4 Å². The van der Waals surface area contributed by atoms with Crippen molar-refractivity contribution < 1.29 is 4.92 Å². The number of thioether (sulfide) groups is 1. The second-order valence-corrected chi connectivity index (χ2v) is 6.82. The Morgan fingerprint density at radius 1 is 1.31 bits per heavy atom. The molecule has 0 atom stereocenters. The van der Waals surface area contributed by atoms with Gasteiger partial charge in [-0.15, -0.1) is 0 Å². The van der Waals surface area contributed by atoms with Crippen molar-refractivity contribution in [1.29, 1.82) is 0 Å². The predicted octanol–water partition coefficient (Wildman–Crippen LogP) is 1.95. The van der Waals surface area contributed by atoms with Crippen LogP contribution in [0.4, 0.5) is 0 Å². The summed E-state index contributed by atoms with van der Waals surface area (Å²) in [5, 5.41) is 17.0. The molecule has 0 spiro atoms. The highest BCUT2D eigenvalue weighted by Gasteiger charge is 2.04. The molecule has 4 N–H and O–H groups in total. The van der Waals surface area contributed by atoms with Gasteiger partial charge >= 0.3 is 0 Å². The second kappa shape index (κ2) is 11.2. The van der Waals surface area contributed by atoms with Crippen LogP contribution >= 0.6 is 11.8 Å². The fourth-order valence-corrected chi connectivity index (χ4v) is 3.20. The molecule has 0 bridgehead atoms. The average molecular weight is 379 g/mol. The minimum Gasteiger partial charge on any atom is -0.367 e. The molecule has 26 heavy (non-hydrogen) atoms. The number of hydrogen-bond donors (Lipinski definition) is 4. The Hall–Kier alpha value is -2.49. The van der Waals surface area contributed by atoms with Crippen LogP contribution in [0.2, 0.25) is 0 Å². The summed E-state index contributed by atoms with van der Waals surface area (Å²) in [6, 6.07) is 0. The maximum atomic E-state index is 10.8. The number of nitrogens with zero attached hydrogens (tertiary/aromatic N) is 3. The molecule has 0 saturated carbocycles. The highest BCUT2D eigenvalue weighted by Crippen LogP contribution is 2.11. The number of unbranched alkanes of at least 4 members (excludes halogenated alkanes) is 1. The van der Waals surface area contributed by atoms with E-state index in [0.29, 0.717) is 18.9 Å². The summed E-state index contributed by atoms with van der Waals surface area (Å²) in [6.07, 6.45) is 9.02. The zero-order valence-corrected chi connectivity index (χ0v) is 15.6. The summed E-state index contributed by atoms with van der Waals surface area (Å²) in [4.78, 5) is 24.7. The number of nitrogens with one attached hydrogen (secondary N) is 4. The minimum atomic E-state index is -0.444. The Bertz CT molecular complexity index is 685. The highest BCUT2D eigenvalue weighted by molar-refractivity contribution is 7.98. The van der Waals surface area contributed by atoms with Gasteiger partial charge in [0.25, 0.3) is 6.20 Å². The number of aryl methyl sites for hydroxylation is 2. The van der Waals surface area contributed by atoms with E-state index in [1.807, 2.05) is 13.1 Å². The molecule has 0 aliphatic heterocycles. The van der Waals surface area contributed by atoms with Crippen LogP contribution in [0.25, 0.3) is 0 Å². The molecule has 0 unspecified atom stereocenters. The van der Waals surface area contributed by atoms with Gasteiger partial charge in [-0.05, 0) is 26.2 Å². The van der Waals surface area contributed by atoms with E-state index in [4.69, 9.17) is 0 Å². The average Bonchev–Trinajstić information content (AvgIpc) is 3.25. The van der Waals surface area contributed by atoms with Gasteiger partial charge in [0.1, 0.15) is 0 Å². The third-order valence-corrected chi connectivity index (χ3v) is 4.69. The van der Waals surface area contributed by atoms with E-state index >= 15 is 0 Å². The van der Waals surface area contributed by atoms with Crippen LogP contribution in [0.5, 0.6) is 0 Å². The summed E-state index contributed by atoms with van der Waals surface area (Å²) >= 11 is 1.75. The van der Waals surface area contributed by atoms with E-state index in [1.165, 1.54) is 0 Å². The van der Waals surface area contributed by atoms with E-state index in [9.17, 15) is 10.1 Å². The summed E-state index contributed by atoms with van der Waals surface area (Å²) in [7, 11) is 0. The lowest BCUT2D eigenvalue weighted by atomic mass is 10.2. The van der Waals surface area contributed by atoms with Crippen molar-refractivity contribution in [1.82, 2.24) is 30.6 Å². The van der Waals surface area contributed by atoms with Crippen LogP contribution in [0.3, 0.4) is 0 Å². The third-order valence-electron chi connectivity index (χ3n) is 3.71. The number of nitro groups is 1. The Labute approximate surface area is 156 Å². The molecule has 142 valence electrons. The van der Waals surface area contributed by atoms with Crippen molar-refractivity contribution in [3.63, 3.8) is 0 Å². The molecule has 0 saturated heterocycles. The lowest BCUT2D eigenvalue weighted by Crippen LogP contribution is -2.29. The van der Waals surface area contributed by atoms with Gasteiger partial charge in [0.2, 0.25) is 0 Å². The van der Waals surface area contributed by atoms with Crippen LogP contribution in [-0.4, -0.2) is 43.7 Å². The Balaban J connectivity index is 1.60. The molecular formula is C16H25N7O2S. The van der Waals surface area contributed by atoms with Gasteiger partial charge in [-0.1, -0.05) is 0 Å². The maximum absolute atomic E-state index is 10.8. The predicted molar refractivity (Wildman–Crippen MR) is 102 cm³/mol. The smallest absolute Gasteiger partial charge is 0.274 e. The molecule has 0 fully saturated rings. The topological polar surface area (TPSA) is 125 Å². The monoisotopic (exact) mass is 379 g/mol. The number of aromatic nitrogens is 4. The first-order chi connectivity index (χ1) is 12.6. The number of rotatable bonds is 13.